The van der Waals surface area contributed by atoms with Gasteiger partial charge in [0.15, 0.2) is 0 Å². The zero-order chi connectivity index (χ0) is 10.7. The van der Waals surface area contributed by atoms with Gasteiger partial charge in [0.25, 0.3) is 0 Å². The predicted octanol–water partition coefficient (Wildman–Crippen LogP) is 2.39. The van der Waals surface area contributed by atoms with Crippen molar-refractivity contribution in [3.05, 3.63) is 54.1 Å². The number of anilines is 1. The topological polar surface area (TPSA) is 52.0 Å². The molecule has 0 unspecified atom stereocenters. The van der Waals surface area contributed by atoms with Crippen LogP contribution in [0.1, 0.15) is 5.56 Å². The molecule has 0 aliphatic carbocycles. The molecule has 0 saturated heterocycles. The summed E-state index contributed by atoms with van der Waals surface area (Å²) in [6, 6.07) is 16.2. The van der Waals surface area contributed by atoms with Gasteiger partial charge in [-0.3, -0.25) is 0 Å². The maximum absolute atomic E-state index is 5.89. The van der Waals surface area contributed by atoms with Crippen molar-refractivity contribution in [2.75, 3.05) is 5.73 Å². The summed E-state index contributed by atoms with van der Waals surface area (Å²) in [6.07, 6.45) is 0. The van der Waals surface area contributed by atoms with Gasteiger partial charge in [0, 0.05) is 12.2 Å². The lowest BCUT2D eigenvalue weighted by molar-refractivity contribution is 1.08. The molecule has 0 aliphatic rings. The molecule has 2 nitrogen and oxygen atoms in total. The Morgan fingerprint density at radius 3 is 2.20 bits per heavy atom. The van der Waals surface area contributed by atoms with Gasteiger partial charge >= 0.3 is 0 Å². The van der Waals surface area contributed by atoms with Crippen LogP contribution < -0.4 is 11.5 Å². The Morgan fingerprint density at radius 2 is 1.60 bits per heavy atom. The predicted molar refractivity (Wildman–Crippen MR) is 64.2 cm³/mol. The molecule has 0 heterocycles. The average Bonchev–Trinajstić information content (AvgIpc) is 2.30. The Balaban J connectivity index is 2.43. The summed E-state index contributed by atoms with van der Waals surface area (Å²) in [6.45, 7) is 0.487. The Kier molecular flexibility index (Phi) is 2.70. The lowest BCUT2D eigenvalue weighted by atomic mass is 10.0. The molecule has 2 rings (SSSR count). The van der Waals surface area contributed by atoms with E-state index in [0.29, 0.717) is 6.54 Å². The van der Waals surface area contributed by atoms with Crippen molar-refractivity contribution < 1.29 is 0 Å². The third kappa shape index (κ3) is 2.00. The monoisotopic (exact) mass is 198 g/mol. The standard InChI is InChI=1S/C13H14N2/c14-9-12-7-6-11(8-13(12)15)10-4-2-1-3-5-10/h1-8H,9,14-15H2. The fourth-order valence-corrected chi connectivity index (χ4v) is 1.59. The molecule has 0 radical (unpaired) electrons. The molecule has 4 N–H and O–H groups in total. The molecule has 15 heavy (non-hydrogen) atoms. The van der Waals surface area contributed by atoms with E-state index in [1.807, 2.05) is 36.4 Å². The van der Waals surface area contributed by atoms with Gasteiger partial charge in [0.1, 0.15) is 0 Å². The molecule has 2 aromatic carbocycles. The number of hydrogen-bond acceptors (Lipinski definition) is 2. The molecule has 2 aromatic rings. The van der Waals surface area contributed by atoms with Gasteiger partial charge < -0.3 is 11.5 Å². The van der Waals surface area contributed by atoms with Crippen LogP contribution in [-0.4, -0.2) is 0 Å². The van der Waals surface area contributed by atoms with Crippen LogP contribution in [0.5, 0.6) is 0 Å². The quantitative estimate of drug-likeness (QED) is 0.728. The third-order valence-corrected chi connectivity index (χ3v) is 2.47. The first kappa shape index (κ1) is 9.74. The zero-order valence-electron chi connectivity index (χ0n) is 8.48. The molecular weight excluding hydrogens is 184 g/mol. The summed E-state index contributed by atoms with van der Waals surface area (Å²) in [5.41, 5.74) is 15.5. The normalized spacial score (nSPS) is 10.2. The van der Waals surface area contributed by atoms with Gasteiger partial charge in [0.05, 0.1) is 0 Å². The van der Waals surface area contributed by atoms with Crippen LogP contribution in [0.4, 0.5) is 5.69 Å². The highest BCUT2D eigenvalue weighted by Crippen LogP contribution is 2.23. The SMILES string of the molecule is NCc1ccc(-c2ccccc2)cc1N. The lowest BCUT2D eigenvalue weighted by Gasteiger charge is -2.06. The molecule has 0 aliphatic heterocycles. The minimum absolute atomic E-state index is 0.487. The molecule has 2 heteroatoms. The van der Waals surface area contributed by atoms with Crippen molar-refractivity contribution in [2.45, 2.75) is 6.54 Å². The first-order valence-electron chi connectivity index (χ1n) is 4.95. The Bertz CT molecular complexity index is 449. The molecule has 0 atom stereocenters. The van der Waals surface area contributed by atoms with E-state index in [1.54, 1.807) is 0 Å². The smallest absolute Gasteiger partial charge is 0.0365 e. The van der Waals surface area contributed by atoms with Crippen molar-refractivity contribution in [3.63, 3.8) is 0 Å². The van der Waals surface area contributed by atoms with Gasteiger partial charge in [-0.15, -0.1) is 0 Å². The van der Waals surface area contributed by atoms with E-state index in [2.05, 4.69) is 12.1 Å². The summed E-state index contributed by atoms with van der Waals surface area (Å²) >= 11 is 0. The molecular formula is C13H14N2. The van der Waals surface area contributed by atoms with Crippen molar-refractivity contribution in [1.82, 2.24) is 0 Å². The minimum atomic E-state index is 0.487. The van der Waals surface area contributed by atoms with Gasteiger partial charge in [-0.2, -0.15) is 0 Å². The highest BCUT2D eigenvalue weighted by molar-refractivity contribution is 5.68. The summed E-state index contributed by atoms with van der Waals surface area (Å²) in [4.78, 5) is 0. The van der Waals surface area contributed by atoms with Crippen LogP contribution in [0, 0.1) is 0 Å². The van der Waals surface area contributed by atoms with Gasteiger partial charge in [0.2, 0.25) is 0 Å². The van der Waals surface area contributed by atoms with Crippen molar-refractivity contribution in [3.8, 4) is 11.1 Å². The highest BCUT2D eigenvalue weighted by atomic mass is 14.6. The number of nitrogens with two attached hydrogens (primary N) is 2. The molecule has 0 amide bonds. The fraction of sp³-hybridized carbons (Fsp3) is 0.0769. The van der Waals surface area contributed by atoms with E-state index in [1.165, 1.54) is 5.56 Å². The van der Waals surface area contributed by atoms with Gasteiger partial charge in [-0.25, -0.2) is 0 Å². The van der Waals surface area contributed by atoms with Gasteiger partial charge in [-0.05, 0) is 22.8 Å². The Hall–Kier alpha value is -1.80. The molecule has 0 aromatic heterocycles. The van der Waals surface area contributed by atoms with Crippen LogP contribution >= 0.6 is 0 Å². The second-order valence-electron chi connectivity index (χ2n) is 3.48. The lowest BCUT2D eigenvalue weighted by Crippen LogP contribution is -2.01. The first-order chi connectivity index (χ1) is 7.31. The van der Waals surface area contributed by atoms with Crippen LogP contribution in [0.3, 0.4) is 0 Å². The molecule has 76 valence electrons. The maximum atomic E-state index is 5.89. The average molecular weight is 198 g/mol. The third-order valence-electron chi connectivity index (χ3n) is 2.47. The number of benzene rings is 2. The van der Waals surface area contributed by atoms with Crippen molar-refractivity contribution >= 4 is 5.69 Å². The van der Waals surface area contributed by atoms with Crippen LogP contribution in [0.2, 0.25) is 0 Å². The molecule has 0 spiro atoms. The van der Waals surface area contributed by atoms with Crippen LogP contribution in [-0.2, 0) is 6.54 Å². The van der Waals surface area contributed by atoms with Crippen LogP contribution in [0.15, 0.2) is 48.5 Å². The van der Waals surface area contributed by atoms with Crippen molar-refractivity contribution in [1.29, 1.82) is 0 Å². The number of nitrogen functional groups attached to an aromatic ring is 1. The minimum Gasteiger partial charge on any atom is -0.398 e. The second kappa shape index (κ2) is 4.15. The van der Waals surface area contributed by atoms with E-state index < -0.39 is 0 Å². The van der Waals surface area contributed by atoms with Gasteiger partial charge in [-0.1, -0.05) is 42.5 Å². The van der Waals surface area contributed by atoms with Crippen LogP contribution in [0.25, 0.3) is 11.1 Å². The van der Waals surface area contributed by atoms with E-state index in [9.17, 15) is 0 Å². The largest absolute Gasteiger partial charge is 0.398 e. The Labute approximate surface area is 89.5 Å². The van der Waals surface area contributed by atoms with E-state index >= 15 is 0 Å². The van der Waals surface area contributed by atoms with E-state index in [4.69, 9.17) is 11.5 Å². The molecule has 0 bridgehead atoms. The maximum Gasteiger partial charge on any atom is 0.0365 e. The van der Waals surface area contributed by atoms with E-state index in [0.717, 1.165) is 16.8 Å². The molecule has 0 saturated carbocycles. The summed E-state index contributed by atoms with van der Waals surface area (Å²) in [7, 11) is 0. The Morgan fingerprint density at radius 1 is 0.867 bits per heavy atom. The summed E-state index contributed by atoms with van der Waals surface area (Å²) in [5, 5.41) is 0. The highest BCUT2D eigenvalue weighted by Gasteiger charge is 2.00. The fourth-order valence-electron chi connectivity index (χ4n) is 1.59. The summed E-state index contributed by atoms with van der Waals surface area (Å²) < 4.78 is 0. The van der Waals surface area contributed by atoms with Crippen molar-refractivity contribution in [2.24, 2.45) is 5.73 Å². The first-order valence-corrected chi connectivity index (χ1v) is 4.95. The van der Waals surface area contributed by atoms with E-state index in [-0.39, 0.29) is 0 Å². The number of rotatable bonds is 2. The zero-order valence-corrected chi connectivity index (χ0v) is 8.48. The molecule has 0 fully saturated rings. The second-order valence-corrected chi connectivity index (χ2v) is 3.48. The number of hydrogen-bond donors (Lipinski definition) is 2. The summed E-state index contributed by atoms with van der Waals surface area (Å²) in [5.74, 6) is 0.